The maximum Gasteiger partial charge on any atom is 0.405 e. The predicted octanol–water partition coefficient (Wildman–Crippen LogP) is 8.42. The molecule has 0 fully saturated rings. The Labute approximate surface area is 326 Å². The quantitative estimate of drug-likeness (QED) is 0.0519. The molecular formula is C45H53N3O6S. The monoisotopic (exact) mass is 763 g/mol. The Morgan fingerprint density at radius 1 is 0.764 bits per heavy atom. The Balaban J connectivity index is 1.14. The number of nitrogens with one attached hydrogen (secondary N) is 2. The first-order chi connectivity index (χ1) is 26.7. The summed E-state index contributed by atoms with van der Waals surface area (Å²) in [5.41, 5.74) is 13.1. The lowest BCUT2D eigenvalue weighted by atomic mass is 9.91. The fourth-order valence-electron chi connectivity index (χ4n) is 6.69. The lowest BCUT2D eigenvalue weighted by Gasteiger charge is -2.21. The molecule has 10 heteroatoms. The van der Waals surface area contributed by atoms with Gasteiger partial charge in [-0.1, -0.05) is 123 Å². The fraction of sp³-hybridized carbons (Fsp3) is 0.311. The summed E-state index contributed by atoms with van der Waals surface area (Å²) < 4.78 is 40.0. The molecule has 0 saturated carbocycles. The molecule has 0 spiro atoms. The van der Waals surface area contributed by atoms with Gasteiger partial charge in [-0.2, -0.15) is 0 Å². The van der Waals surface area contributed by atoms with Crippen LogP contribution in [0, 0.1) is 0 Å². The number of aliphatic hydroxyl groups is 1. The zero-order valence-electron chi connectivity index (χ0n) is 31.5. The molecule has 9 nitrogen and oxygen atoms in total. The molecule has 0 aromatic heterocycles. The second-order valence-corrected chi connectivity index (χ2v) is 15.6. The third-order valence-electron chi connectivity index (χ3n) is 9.46. The van der Waals surface area contributed by atoms with Crippen LogP contribution in [0.4, 0.5) is 10.5 Å². The molecule has 55 heavy (non-hydrogen) atoms. The summed E-state index contributed by atoms with van der Waals surface area (Å²) in [6.45, 7) is 2.89. The number of unbranched alkanes of at least 4 members (excludes halogenated alkanes) is 1. The minimum Gasteiger partial charge on any atom is -0.489 e. The molecule has 0 aliphatic carbocycles. The van der Waals surface area contributed by atoms with Crippen LogP contribution in [0.1, 0.15) is 83.7 Å². The van der Waals surface area contributed by atoms with Crippen LogP contribution in [-0.4, -0.2) is 38.5 Å². The number of carbonyl (C=O) groups excluding carboxylic acids is 1. The van der Waals surface area contributed by atoms with Crippen molar-refractivity contribution in [2.45, 2.75) is 70.6 Å². The van der Waals surface area contributed by atoms with Crippen molar-refractivity contribution in [1.82, 2.24) is 5.32 Å². The largest absolute Gasteiger partial charge is 0.489 e. The number of sulfonamides is 1. The van der Waals surface area contributed by atoms with Gasteiger partial charge in [0, 0.05) is 11.3 Å². The molecule has 2 atom stereocenters. The number of para-hydroxylation sites is 1. The molecule has 5 N–H and O–H groups in total. The van der Waals surface area contributed by atoms with Gasteiger partial charge in [0.25, 0.3) is 0 Å². The van der Waals surface area contributed by atoms with Gasteiger partial charge < -0.3 is 25.6 Å². The molecule has 0 bridgehead atoms. The van der Waals surface area contributed by atoms with Gasteiger partial charge in [0.15, 0.2) is 0 Å². The van der Waals surface area contributed by atoms with E-state index < -0.39 is 16.1 Å². The molecule has 5 aromatic rings. The van der Waals surface area contributed by atoms with Gasteiger partial charge in [-0.25, -0.2) is 13.2 Å². The van der Waals surface area contributed by atoms with Crippen LogP contribution in [0.2, 0.25) is 0 Å². The van der Waals surface area contributed by atoms with Crippen LogP contribution < -0.4 is 20.5 Å². The van der Waals surface area contributed by atoms with E-state index in [2.05, 4.69) is 47.3 Å². The second kappa shape index (κ2) is 21.1. The van der Waals surface area contributed by atoms with Gasteiger partial charge in [0.1, 0.15) is 18.5 Å². The molecule has 0 aliphatic heterocycles. The zero-order chi connectivity index (χ0) is 38.9. The van der Waals surface area contributed by atoms with Gasteiger partial charge >= 0.3 is 6.09 Å². The van der Waals surface area contributed by atoms with Gasteiger partial charge in [0.05, 0.1) is 18.4 Å². The highest BCUT2D eigenvalue weighted by Gasteiger charge is 2.20. The summed E-state index contributed by atoms with van der Waals surface area (Å²) in [6, 6.07) is 40.8. The maximum absolute atomic E-state index is 12.8. The van der Waals surface area contributed by atoms with E-state index in [1.54, 1.807) is 18.2 Å². The third-order valence-corrected chi connectivity index (χ3v) is 10.7. The van der Waals surface area contributed by atoms with Crippen molar-refractivity contribution in [2.75, 3.05) is 23.6 Å². The van der Waals surface area contributed by atoms with Crippen molar-refractivity contribution in [1.29, 1.82) is 0 Å². The first kappa shape index (κ1) is 41.0. The maximum atomic E-state index is 12.8. The van der Waals surface area contributed by atoms with E-state index in [4.69, 9.17) is 15.2 Å². The minimum atomic E-state index is -3.54. The number of amides is 1. The standard InChI is InChI=1S/C45H53N3O6S/c1-2-14-44(54-45(46)50)40-25-24-36(30-38(40)29-35-17-7-4-8-18-35)19-11-12-27-47-42(32-49)41-22-9-10-23-43(41)53-33-37-20-13-21-39(31-37)48-55(51,52)28-26-34-15-5-3-6-16-34/h3-10,13,15-18,20-25,30-31,42,44,47-49H,2,11-12,14,19,26-29,32-33H2,1H3,(H2,46,50)/t42-,44+/m0/s1. The number of benzene rings is 5. The molecule has 0 saturated heterocycles. The summed E-state index contributed by atoms with van der Waals surface area (Å²) in [4.78, 5) is 11.7. The number of ether oxygens (including phenoxy) is 2. The van der Waals surface area contributed by atoms with Gasteiger partial charge in [-0.05, 0) is 96.6 Å². The van der Waals surface area contributed by atoms with E-state index in [0.717, 1.165) is 59.9 Å². The summed E-state index contributed by atoms with van der Waals surface area (Å²) in [5, 5.41) is 13.9. The van der Waals surface area contributed by atoms with E-state index in [1.807, 2.05) is 78.9 Å². The number of aliphatic hydroxyl groups excluding tert-OH is 1. The van der Waals surface area contributed by atoms with Crippen molar-refractivity contribution in [3.8, 4) is 5.75 Å². The van der Waals surface area contributed by atoms with Crippen molar-refractivity contribution >= 4 is 21.8 Å². The van der Waals surface area contributed by atoms with E-state index >= 15 is 0 Å². The normalized spacial score (nSPS) is 12.5. The third kappa shape index (κ3) is 13.3. The second-order valence-electron chi connectivity index (χ2n) is 13.7. The van der Waals surface area contributed by atoms with Crippen LogP contribution in [0.3, 0.4) is 0 Å². The lowest BCUT2D eigenvalue weighted by molar-refractivity contribution is 0.100. The SMILES string of the molecule is CCC[C@@H](OC(N)=O)c1ccc(CCCCN[C@@H](CO)c2ccccc2OCc2cccc(NS(=O)(=O)CCc3ccccc3)c2)cc1Cc1ccccc1. The van der Waals surface area contributed by atoms with Crippen molar-refractivity contribution in [2.24, 2.45) is 5.73 Å². The number of hydrogen-bond acceptors (Lipinski definition) is 7. The number of primary amides is 1. The highest BCUT2D eigenvalue weighted by atomic mass is 32.2. The first-order valence-corrected chi connectivity index (χ1v) is 20.7. The van der Waals surface area contributed by atoms with Crippen molar-refractivity contribution < 1.29 is 27.8 Å². The number of anilines is 1. The zero-order valence-corrected chi connectivity index (χ0v) is 32.3. The van der Waals surface area contributed by atoms with Gasteiger partial charge in [-0.3, -0.25) is 4.72 Å². The Hall–Kier alpha value is -5.16. The summed E-state index contributed by atoms with van der Waals surface area (Å²) in [5.74, 6) is 0.633. The van der Waals surface area contributed by atoms with Gasteiger partial charge in [0.2, 0.25) is 10.0 Å². The predicted molar refractivity (Wildman–Crippen MR) is 220 cm³/mol. The Bertz CT molecular complexity index is 2040. The molecule has 1 amide bonds. The topological polar surface area (TPSA) is 140 Å². The molecule has 5 rings (SSSR count). The molecule has 0 unspecified atom stereocenters. The van der Waals surface area contributed by atoms with Gasteiger partial charge in [-0.15, -0.1) is 0 Å². The summed E-state index contributed by atoms with van der Waals surface area (Å²) in [7, 11) is -3.54. The number of nitrogens with two attached hydrogens (primary N) is 1. The molecule has 5 aromatic carbocycles. The van der Waals surface area contributed by atoms with Crippen molar-refractivity contribution in [3.05, 3.63) is 166 Å². The highest BCUT2D eigenvalue weighted by Crippen LogP contribution is 2.30. The Morgan fingerprint density at radius 3 is 2.20 bits per heavy atom. The lowest BCUT2D eigenvalue weighted by Crippen LogP contribution is -2.26. The average molecular weight is 764 g/mol. The average Bonchev–Trinajstić information content (AvgIpc) is 3.18. The van der Waals surface area contributed by atoms with E-state index in [9.17, 15) is 18.3 Å². The molecule has 0 aliphatic rings. The molecular weight excluding hydrogens is 711 g/mol. The number of hydrogen-bond donors (Lipinski definition) is 4. The summed E-state index contributed by atoms with van der Waals surface area (Å²) >= 11 is 0. The molecule has 0 heterocycles. The van der Waals surface area contributed by atoms with Crippen LogP contribution in [0.15, 0.2) is 127 Å². The number of carbonyl (C=O) groups is 1. The number of rotatable bonds is 22. The van der Waals surface area contributed by atoms with Crippen LogP contribution >= 0.6 is 0 Å². The highest BCUT2D eigenvalue weighted by molar-refractivity contribution is 7.92. The Morgan fingerprint density at radius 2 is 1.47 bits per heavy atom. The number of aryl methyl sites for hydroxylation is 2. The van der Waals surface area contributed by atoms with E-state index in [1.165, 1.54) is 11.1 Å². The Kier molecular flexibility index (Phi) is 15.7. The minimum absolute atomic E-state index is 0.0154. The van der Waals surface area contributed by atoms with Crippen LogP contribution in [0.25, 0.3) is 0 Å². The fourth-order valence-corrected chi connectivity index (χ4v) is 7.79. The molecule has 290 valence electrons. The van der Waals surface area contributed by atoms with Crippen LogP contribution in [0.5, 0.6) is 5.75 Å². The van der Waals surface area contributed by atoms with Crippen molar-refractivity contribution in [3.63, 3.8) is 0 Å². The smallest absolute Gasteiger partial charge is 0.405 e. The van der Waals surface area contributed by atoms with Crippen LogP contribution in [-0.2, 0) is 40.6 Å². The summed E-state index contributed by atoms with van der Waals surface area (Å²) in [6.07, 6.45) is 4.28. The van der Waals surface area contributed by atoms with E-state index in [0.29, 0.717) is 30.8 Å². The first-order valence-electron chi connectivity index (χ1n) is 19.0. The van der Waals surface area contributed by atoms with E-state index in [-0.39, 0.29) is 31.1 Å². The molecule has 0 radical (unpaired) electrons.